The third-order valence-corrected chi connectivity index (χ3v) is 3.49. The zero-order valence-electron chi connectivity index (χ0n) is 12.0. The fraction of sp³-hybridized carbons (Fsp3) is 0.333. The van der Waals surface area contributed by atoms with Gasteiger partial charge in [0, 0.05) is 18.3 Å². The van der Waals surface area contributed by atoms with Gasteiger partial charge in [-0.3, -0.25) is 0 Å². The summed E-state index contributed by atoms with van der Waals surface area (Å²) in [6.45, 7) is 13.5. The van der Waals surface area contributed by atoms with Crippen molar-refractivity contribution in [1.29, 1.82) is 0 Å². The van der Waals surface area contributed by atoms with Crippen molar-refractivity contribution in [1.82, 2.24) is 0 Å². The minimum absolute atomic E-state index is 0.482. The van der Waals surface area contributed by atoms with Crippen molar-refractivity contribution >= 4 is 5.69 Å². The standard InChI is InChI=1S/C18H23N/c1-14(2)10-18-12-15(3)11-16(4)13-19(18)17-8-6-5-7-9-17/h5-9,11,18H,1,4,10,12-13H2,2-3H3. The summed E-state index contributed by atoms with van der Waals surface area (Å²) < 4.78 is 0. The Hall–Kier alpha value is -1.76. The maximum atomic E-state index is 4.17. The van der Waals surface area contributed by atoms with Crippen LogP contribution in [0.1, 0.15) is 26.7 Å². The molecule has 0 aromatic heterocycles. The first kappa shape index (κ1) is 13.7. The van der Waals surface area contributed by atoms with Gasteiger partial charge in [0.25, 0.3) is 0 Å². The van der Waals surface area contributed by atoms with Crippen molar-refractivity contribution in [2.45, 2.75) is 32.7 Å². The van der Waals surface area contributed by atoms with Gasteiger partial charge in [-0.2, -0.15) is 0 Å². The maximum absolute atomic E-state index is 4.17. The van der Waals surface area contributed by atoms with Gasteiger partial charge in [0.15, 0.2) is 0 Å². The molecule has 0 spiro atoms. The topological polar surface area (TPSA) is 3.24 Å². The summed E-state index contributed by atoms with van der Waals surface area (Å²) in [6.07, 6.45) is 4.35. The van der Waals surface area contributed by atoms with Crippen LogP contribution in [0.4, 0.5) is 5.69 Å². The second kappa shape index (κ2) is 5.92. The molecule has 0 saturated carbocycles. The van der Waals surface area contributed by atoms with Crippen molar-refractivity contribution in [2.75, 3.05) is 11.4 Å². The van der Waals surface area contributed by atoms with Crippen LogP contribution in [0.2, 0.25) is 0 Å². The molecule has 1 aliphatic heterocycles. The molecular formula is C18H23N. The number of anilines is 1. The SMILES string of the molecule is C=C(C)CC1CC(C)=CC(=C)CN1c1ccccc1. The lowest BCUT2D eigenvalue weighted by atomic mass is 10.00. The zero-order valence-corrected chi connectivity index (χ0v) is 12.0. The molecule has 0 radical (unpaired) electrons. The Kier molecular flexibility index (Phi) is 4.26. The van der Waals surface area contributed by atoms with Gasteiger partial charge in [-0.25, -0.2) is 0 Å². The Balaban J connectivity index is 2.31. The minimum atomic E-state index is 0.482. The smallest absolute Gasteiger partial charge is 0.0426 e. The fourth-order valence-electron chi connectivity index (χ4n) is 2.79. The van der Waals surface area contributed by atoms with E-state index in [9.17, 15) is 0 Å². The number of hydrogen-bond donors (Lipinski definition) is 0. The number of benzene rings is 1. The lowest BCUT2D eigenvalue weighted by Crippen LogP contribution is -2.35. The summed E-state index contributed by atoms with van der Waals surface area (Å²) in [5.41, 5.74) is 5.12. The van der Waals surface area contributed by atoms with E-state index in [1.807, 2.05) is 0 Å². The summed E-state index contributed by atoms with van der Waals surface area (Å²) in [4.78, 5) is 2.46. The first-order chi connectivity index (χ1) is 9.06. The molecule has 1 heterocycles. The highest BCUT2D eigenvalue weighted by Gasteiger charge is 2.22. The van der Waals surface area contributed by atoms with E-state index in [2.05, 4.69) is 68.3 Å². The van der Waals surface area contributed by atoms with Crippen molar-refractivity contribution in [2.24, 2.45) is 0 Å². The maximum Gasteiger partial charge on any atom is 0.0426 e. The van der Waals surface area contributed by atoms with Crippen molar-refractivity contribution < 1.29 is 0 Å². The van der Waals surface area contributed by atoms with E-state index >= 15 is 0 Å². The molecule has 1 nitrogen and oxygen atoms in total. The average molecular weight is 253 g/mol. The minimum Gasteiger partial charge on any atom is -0.364 e. The van der Waals surface area contributed by atoms with Crippen LogP contribution in [0.3, 0.4) is 0 Å². The summed E-state index contributed by atoms with van der Waals surface area (Å²) in [7, 11) is 0. The highest BCUT2D eigenvalue weighted by Crippen LogP contribution is 2.28. The first-order valence-corrected chi connectivity index (χ1v) is 6.87. The predicted molar refractivity (Wildman–Crippen MR) is 84.5 cm³/mol. The van der Waals surface area contributed by atoms with E-state index in [0.717, 1.165) is 19.4 Å². The summed E-state index contributed by atoms with van der Waals surface area (Å²) in [6, 6.07) is 11.1. The van der Waals surface area contributed by atoms with E-state index < -0.39 is 0 Å². The number of nitrogens with zero attached hydrogens (tertiary/aromatic N) is 1. The quantitative estimate of drug-likeness (QED) is 0.704. The molecule has 100 valence electrons. The van der Waals surface area contributed by atoms with E-state index in [1.54, 1.807) is 0 Å². The van der Waals surface area contributed by atoms with Crippen LogP contribution in [0.5, 0.6) is 0 Å². The van der Waals surface area contributed by atoms with Crippen LogP contribution < -0.4 is 4.90 Å². The second-order valence-electron chi connectivity index (χ2n) is 5.63. The Morgan fingerprint density at radius 1 is 1.32 bits per heavy atom. The van der Waals surface area contributed by atoms with Gasteiger partial charge >= 0.3 is 0 Å². The lowest BCUT2D eigenvalue weighted by molar-refractivity contribution is 0.604. The van der Waals surface area contributed by atoms with E-state index in [1.165, 1.54) is 22.4 Å². The van der Waals surface area contributed by atoms with Gasteiger partial charge in [-0.1, -0.05) is 42.0 Å². The van der Waals surface area contributed by atoms with E-state index in [4.69, 9.17) is 0 Å². The van der Waals surface area contributed by atoms with Crippen molar-refractivity contribution in [3.05, 3.63) is 66.3 Å². The first-order valence-electron chi connectivity index (χ1n) is 6.87. The molecule has 0 amide bonds. The summed E-state index contributed by atoms with van der Waals surface area (Å²) in [5, 5.41) is 0. The Morgan fingerprint density at radius 2 is 2.00 bits per heavy atom. The molecule has 1 atom stereocenters. The molecule has 1 aromatic rings. The number of para-hydroxylation sites is 1. The fourth-order valence-corrected chi connectivity index (χ4v) is 2.79. The highest BCUT2D eigenvalue weighted by molar-refractivity contribution is 5.51. The van der Waals surface area contributed by atoms with Crippen LogP contribution in [-0.2, 0) is 0 Å². The molecule has 1 unspecified atom stereocenters. The van der Waals surface area contributed by atoms with Crippen LogP contribution in [0.25, 0.3) is 0 Å². The van der Waals surface area contributed by atoms with Crippen LogP contribution in [-0.4, -0.2) is 12.6 Å². The lowest BCUT2D eigenvalue weighted by Gasteiger charge is -2.33. The Labute approximate surface area is 116 Å². The predicted octanol–water partition coefficient (Wildman–Crippen LogP) is 4.73. The molecule has 0 fully saturated rings. The largest absolute Gasteiger partial charge is 0.364 e. The van der Waals surface area contributed by atoms with Crippen molar-refractivity contribution in [3.63, 3.8) is 0 Å². The van der Waals surface area contributed by atoms with E-state index in [-0.39, 0.29) is 0 Å². The molecule has 0 aliphatic carbocycles. The Bertz CT molecular complexity index is 496. The van der Waals surface area contributed by atoms with Gasteiger partial charge in [-0.15, -0.1) is 6.58 Å². The molecule has 0 saturated heterocycles. The molecule has 1 aliphatic rings. The van der Waals surface area contributed by atoms with Gasteiger partial charge in [0.05, 0.1) is 0 Å². The van der Waals surface area contributed by atoms with Gasteiger partial charge in [0.2, 0.25) is 0 Å². The van der Waals surface area contributed by atoms with Gasteiger partial charge < -0.3 is 4.90 Å². The van der Waals surface area contributed by atoms with Crippen LogP contribution >= 0.6 is 0 Å². The normalized spacial score (nSPS) is 19.9. The third-order valence-electron chi connectivity index (χ3n) is 3.49. The molecule has 0 N–H and O–H groups in total. The van der Waals surface area contributed by atoms with Crippen LogP contribution in [0, 0.1) is 0 Å². The van der Waals surface area contributed by atoms with Gasteiger partial charge in [-0.05, 0) is 44.4 Å². The second-order valence-corrected chi connectivity index (χ2v) is 5.63. The monoisotopic (exact) mass is 253 g/mol. The molecule has 0 bridgehead atoms. The zero-order chi connectivity index (χ0) is 13.8. The molecular weight excluding hydrogens is 230 g/mol. The van der Waals surface area contributed by atoms with Gasteiger partial charge in [0.1, 0.15) is 0 Å². The highest BCUT2D eigenvalue weighted by atomic mass is 15.2. The Morgan fingerprint density at radius 3 is 2.63 bits per heavy atom. The van der Waals surface area contributed by atoms with E-state index in [0.29, 0.717) is 6.04 Å². The summed E-state index contributed by atoms with van der Waals surface area (Å²) in [5.74, 6) is 0. The molecule has 1 aromatic carbocycles. The number of hydrogen-bond acceptors (Lipinski definition) is 1. The molecule has 1 heteroatoms. The molecule has 19 heavy (non-hydrogen) atoms. The third kappa shape index (κ3) is 3.60. The summed E-state index contributed by atoms with van der Waals surface area (Å²) >= 11 is 0. The molecule has 2 rings (SSSR count). The number of rotatable bonds is 3. The average Bonchev–Trinajstić information content (AvgIpc) is 2.48. The van der Waals surface area contributed by atoms with Crippen LogP contribution in [0.15, 0.2) is 66.3 Å². The van der Waals surface area contributed by atoms with Crippen molar-refractivity contribution in [3.8, 4) is 0 Å².